The van der Waals surface area contributed by atoms with Crippen molar-refractivity contribution in [1.82, 2.24) is 10.2 Å². The number of primary amides is 1. The largest absolute Gasteiger partial charge is 0.369 e. The first-order valence-electron chi connectivity index (χ1n) is 6.41. The van der Waals surface area contributed by atoms with Crippen molar-refractivity contribution in [2.45, 2.75) is 37.4 Å². The van der Waals surface area contributed by atoms with Crippen molar-refractivity contribution in [3.63, 3.8) is 0 Å². The van der Waals surface area contributed by atoms with Crippen LogP contribution >= 0.6 is 0 Å². The smallest absolute Gasteiger partial charge is 0.220 e. The fourth-order valence-corrected chi connectivity index (χ4v) is 3.34. The highest BCUT2D eigenvalue weighted by atomic mass is 16.1. The van der Waals surface area contributed by atoms with Gasteiger partial charge in [-0.15, -0.1) is 0 Å². The molecule has 4 atom stereocenters. The van der Waals surface area contributed by atoms with E-state index in [0.29, 0.717) is 18.1 Å². The fourth-order valence-electron chi connectivity index (χ4n) is 3.34. The Kier molecular flexibility index (Phi) is 2.67. The molecular formula is C13H19N3O. The predicted molar refractivity (Wildman–Crippen MR) is 66.0 cm³/mol. The average molecular weight is 233 g/mol. The van der Waals surface area contributed by atoms with Gasteiger partial charge in [0.25, 0.3) is 0 Å². The summed E-state index contributed by atoms with van der Waals surface area (Å²) in [5, 5.41) is 3.57. The molecular weight excluding hydrogens is 214 g/mol. The number of allylic oxidation sites excluding steroid dienone is 2. The Balaban J connectivity index is 1.74. The summed E-state index contributed by atoms with van der Waals surface area (Å²) in [5.41, 5.74) is 5.42. The van der Waals surface area contributed by atoms with Gasteiger partial charge in [0, 0.05) is 30.7 Å². The van der Waals surface area contributed by atoms with Crippen molar-refractivity contribution in [1.29, 1.82) is 0 Å². The van der Waals surface area contributed by atoms with Crippen LogP contribution in [0.2, 0.25) is 0 Å². The third-order valence-electron chi connectivity index (χ3n) is 4.27. The van der Waals surface area contributed by atoms with Gasteiger partial charge in [-0.1, -0.05) is 12.2 Å². The van der Waals surface area contributed by atoms with Gasteiger partial charge < -0.3 is 16.0 Å². The van der Waals surface area contributed by atoms with Crippen LogP contribution in [0.3, 0.4) is 0 Å². The summed E-state index contributed by atoms with van der Waals surface area (Å²) in [4.78, 5) is 13.7. The number of hydrogen-bond acceptors (Lipinski definition) is 3. The van der Waals surface area contributed by atoms with Crippen LogP contribution in [0.1, 0.15) is 19.3 Å². The van der Waals surface area contributed by atoms with Crippen molar-refractivity contribution >= 4 is 5.91 Å². The first kappa shape index (κ1) is 10.8. The van der Waals surface area contributed by atoms with Crippen LogP contribution in [0, 0.1) is 5.92 Å². The Morgan fingerprint density at radius 3 is 3.06 bits per heavy atom. The summed E-state index contributed by atoms with van der Waals surface area (Å²) in [5.74, 6) is -0.0777. The Morgan fingerprint density at radius 2 is 2.24 bits per heavy atom. The maximum atomic E-state index is 11.3. The summed E-state index contributed by atoms with van der Waals surface area (Å²) >= 11 is 0. The van der Waals surface area contributed by atoms with Crippen LogP contribution in [-0.4, -0.2) is 35.5 Å². The second-order valence-corrected chi connectivity index (χ2v) is 5.24. The zero-order chi connectivity index (χ0) is 11.8. The molecule has 0 bridgehead atoms. The van der Waals surface area contributed by atoms with E-state index in [2.05, 4.69) is 34.6 Å². The van der Waals surface area contributed by atoms with Crippen molar-refractivity contribution < 1.29 is 4.79 Å². The number of hydrogen-bond donors (Lipinski definition) is 2. The molecule has 0 spiro atoms. The highest BCUT2D eigenvalue weighted by Gasteiger charge is 2.40. The van der Waals surface area contributed by atoms with Crippen molar-refractivity contribution in [2.24, 2.45) is 11.7 Å². The Bertz CT molecular complexity index is 377. The molecule has 4 nitrogen and oxygen atoms in total. The maximum Gasteiger partial charge on any atom is 0.220 e. The van der Waals surface area contributed by atoms with Crippen LogP contribution in [0.5, 0.6) is 0 Å². The molecule has 4 unspecified atom stereocenters. The van der Waals surface area contributed by atoms with Crippen molar-refractivity contribution in [3.8, 4) is 0 Å². The molecule has 0 aromatic heterocycles. The number of nitrogens with one attached hydrogen (secondary N) is 1. The van der Waals surface area contributed by atoms with Gasteiger partial charge in [0.05, 0.1) is 6.04 Å². The summed E-state index contributed by atoms with van der Waals surface area (Å²) in [6.45, 7) is 0.966. The lowest BCUT2D eigenvalue weighted by Gasteiger charge is -2.49. The summed E-state index contributed by atoms with van der Waals surface area (Å²) < 4.78 is 0. The average Bonchev–Trinajstić information content (AvgIpc) is 2.38. The van der Waals surface area contributed by atoms with Gasteiger partial charge >= 0.3 is 0 Å². The molecule has 4 heteroatoms. The van der Waals surface area contributed by atoms with Gasteiger partial charge in [-0.05, 0) is 25.3 Å². The van der Waals surface area contributed by atoms with E-state index in [9.17, 15) is 4.79 Å². The Morgan fingerprint density at radius 1 is 1.35 bits per heavy atom. The minimum atomic E-state index is -0.138. The number of piperazine rings is 1. The number of nitrogens with zero attached hydrogens (tertiary/aromatic N) is 1. The maximum absolute atomic E-state index is 11.3. The zero-order valence-corrected chi connectivity index (χ0v) is 9.88. The third-order valence-corrected chi connectivity index (χ3v) is 4.27. The van der Waals surface area contributed by atoms with Gasteiger partial charge in [0.1, 0.15) is 0 Å². The Labute approximate surface area is 102 Å². The molecule has 1 amide bonds. The van der Waals surface area contributed by atoms with E-state index in [0.717, 1.165) is 25.8 Å². The number of rotatable bonds is 1. The molecule has 1 saturated carbocycles. The first-order valence-corrected chi connectivity index (χ1v) is 6.41. The summed E-state index contributed by atoms with van der Waals surface area (Å²) in [6, 6.07) is 1.41. The standard InChI is InChI=1S/C13H19N3O/c14-13(17)9-4-5-12-11(7-9)15-8-10-3-1-2-6-16(10)12/h1-3,6,9-12,15H,4-5,7-8H2,(H2,14,17). The van der Waals surface area contributed by atoms with E-state index in [1.165, 1.54) is 0 Å². The van der Waals surface area contributed by atoms with E-state index >= 15 is 0 Å². The molecule has 1 saturated heterocycles. The summed E-state index contributed by atoms with van der Waals surface area (Å²) in [7, 11) is 0. The third kappa shape index (κ3) is 1.86. The normalized spacial score (nSPS) is 39.6. The van der Waals surface area contributed by atoms with Crippen LogP contribution in [0.25, 0.3) is 0 Å². The molecule has 0 aromatic rings. The summed E-state index contributed by atoms with van der Waals surface area (Å²) in [6.07, 6.45) is 11.5. The fraction of sp³-hybridized carbons (Fsp3) is 0.615. The lowest BCUT2D eigenvalue weighted by molar-refractivity contribution is -0.123. The van der Waals surface area contributed by atoms with Crippen LogP contribution in [0.15, 0.2) is 24.4 Å². The number of carbonyl (C=O) groups is 1. The number of amides is 1. The molecule has 3 aliphatic rings. The van der Waals surface area contributed by atoms with Crippen LogP contribution in [0.4, 0.5) is 0 Å². The molecule has 0 aromatic carbocycles. The zero-order valence-electron chi connectivity index (χ0n) is 9.88. The first-order chi connectivity index (χ1) is 8.25. The van der Waals surface area contributed by atoms with Gasteiger partial charge in [-0.2, -0.15) is 0 Å². The molecule has 2 heterocycles. The lowest BCUT2D eigenvalue weighted by atomic mass is 9.79. The highest BCUT2D eigenvalue weighted by molar-refractivity contribution is 5.76. The SMILES string of the molecule is NC(=O)C1CCC2C(C1)NCC1C=CC=CN12. The van der Waals surface area contributed by atoms with Gasteiger partial charge in [-0.25, -0.2) is 0 Å². The number of carbonyl (C=O) groups excluding carboxylic acids is 1. The van der Waals surface area contributed by atoms with Crippen LogP contribution < -0.4 is 11.1 Å². The van der Waals surface area contributed by atoms with Crippen molar-refractivity contribution in [3.05, 3.63) is 24.4 Å². The van der Waals surface area contributed by atoms with E-state index in [1.54, 1.807) is 0 Å². The molecule has 3 N–H and O–H groups in total. The second-order valence-electron chi connectivity index (χ2n) is 5.24. The number of fused-ring (bicyclic) bond motifs is 3. The van der Waals surface area contributed by atoms with Gasteiger partial charge in [-0.3, -0.25) is 4.79 Å². The molecule has 3 rings (SSSR count). The Hall–Kier alpha value is -1.29. The van der Waals surface area contributed by atoms with E-state index in [4.69, 9.17) is 5.73 Å². The quantitative estimate of drug-likeness (QED) is 0.688. The molecule has 2 fully saturated rings. The predicted octanol–water partition coefficient (Wildman–Crippen LogP) is 0.366. The van der Waals surface area contributed by atoms with E-state index < -0.39 is 0 Å². The van der Waals surface area contributed by atoms with E-state index in [-0.39, 0.29) is 11.8 Å². The molecule has 0 radical (unpaired) electrons. The lowest BCUT2D eigenvalue weighted by Crippen LogP contribution is -2.62. The van der Waals surface area contributed by atoms with Gasteiger partial charge in [0.15, 0.2) is 0 Å². The van der Waals surface area contributed by atoms with Gasteiger partial charge in [0.2, 0.25) is 5.91 Å². The molecule has 1 aliphatic carbocycles. The monoisotopic (exact) mass is 233 g/mol. The van der Waals surface area contributed by atoms with Crippen molar-refractivity contribution in [2.75, 3.05) is 6.54 Å². The number of nitrogens with two attached hydrogens (primary N) is 1. The molecule has 92 valence electrons. The minimum Gasteiger partial charge on any atom is -0.369 e. The second kappa shape index (κ2) is 4.18. The molecule has 2 aliphatic heterocycles. The topological polar surface area (TPSA) is 58.4 Å². The van der Waals surface area contributed by atoms with E-state index in [1.807, 2.05) is 0 Å². The van der Waals surface area contributed by atoms with Crippen LogP contribution in [-0.2, 0) is 4.79 Å². The minimum absolute atomic E-state index is 0.0598. The highest BCUT2D eigenvalue weighted by Crippen LogP contribution is 2.32. The molecule has 17 heavy (non-hydrogen) atoms.